The van der Waals surface area contributed by atoms with E-state index in [0.717, 1.165) is 24.3 Å². The minimum Gasteiger partial charge on any atom is -0.496 e. The Morgan fingerprint density at radius 2 is 1.58 bits per heavy atom. The SMILES string of the molecule is COc1ccc(OC)c(C2(C(C)N)CC2)c1C(C)C. The predicted octanol–water partition coefficient (Wildman–Crippen LogP) is 3.21. The molecule has 1 saturated carbocycles. The third-order valence-electron chi connectivity index (χ3n) is 4.34. The zero-order valence-electron chi connectivity index (χ0n) is 12.6. The monoisotopic (exact) mass is 263 g/mol. The summed E-state index contributed by atoms with van der Waals surface area (Å²) in [5.74, 6) is 2.27. The Labute approximate surface area is 116 Å². The Kier molecular flexibility index (Phi) is 3.77. The Morgan fingerprint density at radius 1 is 1.05 bits per heavy atom. The molecule has 0 saturated heterocycles. The van der Waals surface area contributed by atoms with Gasteiger partial charge in [-0.05, 0) is 37.8 Å². The summed E-state index contributed by atoms with van der Waals surface area (Å²) >= 11 is 0. The summed E-state index contributed by atoms with van der Waals surface area (Å²) in [7, 11) is 3.45. The molecule has 1 aliphatic rings. The van der Waals surface area contributed by atoms with E-state index in [-0.39, 0.29) is 11.5 Å². The van der Waals surface area contributed by atoms with Crippen LogP contribution >= 0.6 is 0 Å². The lowest BCUT2D eigenvalue weighted by molar-refractivity contribution is 0.382. The Hall–Kier alpha value is -1.22. The molecule has 19 heavy (non-hydrogen) atoms. The fourth-order valence-corrected chi connectivity index (χ4v) is 3.08. The lowest BCUT2D eigenvalue weighted by atomic mass is 9.81. The molecule has 3 nitrogen and oxygen atoms in total. The van der Waals surface area contributed by atoms with Crippen molar-refractivity contribution >= 4 is 0 Å². The van der Waals surface area contributed by atoms with Gasteiger partial charge in [-0.15, -0.1) is 0 Å². The van der Waals surface area contributed by atoms with Crippen LogP contribution in [0.3, 0.4) is 0 Å². The predicted molar refractivity (Wildman–Crippen MR) is 78.2 cm³/mol. The summed E-state index contributed by atoms with van der Waals surface area (Å²) in [5.41, 5.74) is 8.83. The van der Waals surface area contributed by atoms with Gasteiger partial charge in [-0.25, -0.2) is 0 Å². The molecule has 1 aliphatic carbocycles. The molecule has 0 aromatic heterocycles. The highest BCUT2D eigenvalue weighted by Crippen LogP contribution is 2.56. The van der Waals surface area contributed by atoms with Gasteiger partial charge in [-0.2, -0.15) is 0 Å². The van der Waals surface area contributed by atoms with Crippen molar-refractivity contribution in [1.29, 1.82) is 0 Å². The molecule has 0 spiro atoms. The van der Waals surface area contributed by atoms with Crippen molar-refractivity contribution in [3.05, 3.63) is 23.3 Å². The summed E-state index contributed by atoms with van der Waals surface area (Å²) in [6.45, 7) is 6.48. The van der Waals surface area contributed by atoms with Gasteiger partial charge >= 0.3 is 0 Å². The topological polar surface area (TPSA) is 44.5 Å². The summed E-state index contributed by atoms with van der Waals surface area (Å²) in [6.07, 6.45) is 2.27. The van der Waals surface area contributed by atoms with E-state index in [1.807, 2.05) is 12.1 Å². The molecule has 0 amide bonds. The van der Waals surface area contributed by atoms with Crippen molar-refractivity contribution in [3.8, 4) is 11.5 Å². The number of benzene rings is 1. The summed E-state index contributed by atoms with van der Waals surface area (Å²) in [4.78, 5) is 0. The smallest absolute Gasteiger partial charge is 0.123 e. The molecule has 1 atom stereocenters. The minimum atomic E-state index is 0.0689. The molecule has 3 heteroatoms. The first-order valence-electron chi connectivity index (χ1n) is 6.99. The van der Waals surface area contributed by atoms with Gasteiger partial charge in [-0.3, -0.25) is 0 Å². The summed E-state index contributed by atoms with van der Waals surface area (Å²) in [5, 5.41) is 0. The number of ether oxygens (including phenoxy) is 2. The van der Waals surface area contributed by atoms with Gasteiger partial charge in [-0.1, -0.05) is 13.8 Å². The average Bonchev–Trinajstić information content (AvgIpc) is 3.18. The van der Waals surface area contributed by atoms with Crippen LogP contribution in [0.1, 0.15) is 50.7 Å². The van der Waals surface area contributed by atoms with Crippen molar-refractivity contribution in [2.45, 2.75) is 51.0 Å². The van der Waals surface area contributed by atoms with Crippen molar-refractivity contribution in [3.63, 3.8) is 0 Å². The van der Waals surface area contributed by atoms with Crippen LogP contribution in [0, 0.1) is 0 Å². The van der Waals surface area contributed by atoms with Crippen LogP contribution in [0.15, 0.2) is 12.1 Å². The standard InChI is InChI=1S/C16H25NO2/c1-10(2)14-12(18-4)6-7-13(19-5)15(14)16(8-9-16)11(3)17/h6-7,10-11H,8-9,17H2,1-5H3. The van der Waals surface area contributed by atoms with Crippen LogP contribution in [0.4, 0.5) is 0 Å². The van der Waals surface area contributed by atoms with Gasteiger partial charge in [0.25, 0.3) is 0 Å². The molecule has 1 unspecified atom stereocenters. The molecular weight excluding hydrogens is 238 g/mol. The fourth-order valence-electron chi connectivity index (χ4n) is 3.08. The van der Waals surface area contributed by atoms with E-state index >= 15 is 0 Å². The maximum absolute atomic E-state index is 6.25. The lowest BCUT2D eigenvalue weighted by Crippen LogP contribution is -2.33. The first-order valence-corrected chi connectivity index (χ1v) is 6.99. The highest BCUT2D eigenvalue weighted by atomic mass is 16.5. The van der Waals surface area contributed by atoms with Crippen LogP contribution in [-0.4, -0.2) is 20.3 Å². The fraction of sp³-hybridized carbons (Fsp3) is 0.625. The van der Waals surface area contributed by atoms with E-state index in [1.54, 1.807) is 14.2 Å². The second-order valence-electron chi connectivity index (χ2n) is 5.86. The first-order chi connectivity index (χ1) is 8.97. The number of hydrogen-bond donors (Lipinski definition) is 1. The van der Waals surface area contributed by atoms with E-state index in [1.165, 1.54) is 11.1 Å². The van der Waals surface area contributed by atoms with Crippen LogP contribution in [-0.2, 0) is 5.41 Å². The number of hydrogen-bond acceptors (Lipinski definition) is 3. The molecule has 0 bridgehead atoms. The summed E-state index contributed by atoms with van der Waals surface area (Å²) < 4.78 is 11.2. The third kappa shape index (κ3) is 2.20. The molecule has 0 heterocycles. The Balaban J connectivity index is 2.68. The molecule has 106 valence electrons. The largest absolute Gasteiger partial charge is 0.496 e. The average molecular weight is 263 g/mol. The van der Waals surface area contributed by atoms with Crippen LogP contribution < -0.4 is 15.2 Å². The lowest BCUT2D eigenvalue weighted by Gasteiger charge is -2.28. The van der Waals surface area contributed by atoms with Gasteiger partial charge < -0.3 is 15.2 Å². The van der Waals surface area contributed by atoms with Crippen molar-refractivity contribution < 1.29 is 9.47 Å². The van der Waals surface area contributed by atoms with Gasteiger partial charge in [0.15, 0.2) is 0 Å². The van der Waals surface area contributed by atoms with Gasteiger partial charge in [0.2, 0.25) is 0 Å². The van der Waals surface area contributed by atoms with E-state index < -0.39 is 0 Å². The molecule has 1 aromatic carbocycles. The second kappa shape index (κ2) is 5.04. The third-order valence-corrected chi connectivity index (χ3v) is 4.34. The zero-order chi connectivity index (χ0) is 14.2. The van der Waals surface area contributed by atoms with Crippen LogP contribution in [0.25, 0.3) is 0 Å². The molecular formula is C16H25NO2. The van der Waals surface area contributed by atoms with E-state index in [2.05, 4.69) is 20.8 Å². The minimum absolute atomic E-state index is 0.0689. The molecule has 1 aromatic rings. The van der Waals surface area contributed by atoms with Crippen LogP contribution in [0.5, 0.6) is 11.5 Å². The molecule has 0 aliphatic heterocycles. The van der Waals surface area contributed by atoms with Crippen molar-refractivity contribution in [2.75, 3.05) is 14.2 Å². The van der Waals surface area contributed by atoms with Gasteiger partial charge in [0, 0.05) is 22.6 Å². The van der Waals surface area contributed by atoms with Crippen LogP contribution in [0.2, 0.25) is 0 Å². The number of nitrogens with two attached hydrogens (primary N) is 1. The Morgan fingerprint density at radius 3 is 1.95 bits per heavy atom. The maximum atomic E-state index is 6.25. The molecule has 2 N–H and O–H groups in total. The van der Waals surface area contributed by atoms with Crippen molar-refractivity contribution in [1.82, 2.24) is 0 Å². The highest BCUT2D eigenvalue weighted by Gasteiger charge is 2.51. The quantitative estimate of drug-likeness (QED) is 0.887. The summed E-state index contributed by atoms with van der Waals surface area (Å²) in [6, 6.07) is 4.13. The van der Waals surface area contributed by atoms with Gasteiger partial charge in [0.1, 0.15) is 11.5 Å². The molecule has 0 radical (unpaired) electrons. The first kappa shape index (κ1) is 14.2. The highest BCUT2D eigenvalue weighted by molar-refractivity contribution is 5.56. The molecule has 1 fully saturated rings. The van der Waals surface area contributed by atoms with E-state index in [9.17, 15) is 0 Å². The van der Waals surface area contributed by atoms with E-state index in [0.29, 0.717) is 5.92 Å². The second-order valence-corrected chi connectivity index (χ2v) is 5.86. The van der Waals surface area contributed by atoms with E-state index in [4.69, 9.17) is 15.2 Å². The molecule has 2 rings (SSSR count). The zero-order valence-corrected chi connectivity index (χ0v) is 12.6. The maximum Gasteiger partial charge on any atom is 0.123 e. The van der Waals surface area contributed by atoms with Gasteiger partial charge in [0.05, 0.1) is 14.2 Å². The number of rotatable bonds is 5. The Bertz CT molecular complexity index is 462. The van der Waals surface area contributed by atoms with Crippen molar-refractivity contribution in [2.24, 2.45) is 5.73 Å². The number of methoxy groups -OCH3 is 2. The normalized spacial score (nSPS) is 18.3.